The number of hydrogen-bond donors (Lipinski definition) is 1. The van der Waals surface area contributed by atoms with Crippen LogP contribution in [0.5, 0.6) is 0 Å². The summed E-state index contributed by atoms with van der Waals surface area (Å²) < 4.78 is 27.2. The highest BCUT2D eigenvalue weighted by molar-refractivity contribution is 8.00. The Bertz CT molecular complexity index is 989. The van der Waals surface area contributed by atoms with Crippen LogP contribution in [0.4, 0.5) is 5.69 Å². The first-order valence-electron chi connectivity index (χ1n) is 9.98. The molecule has 2 aromatic rings. The minimum absolute atomic E-state index is 0.173. The lowest BCUT2D eigenvalue weighted by Gasteiger charge is -2.19. The quantitative estimate of drug-likeness (QED) is 0.621. The first-order chi connectivity index (χ1) is 14.3. The van der Waals surface area contributed by atoms with E-state index >= 15 is 0 Å². The Labute approximate surface area is 187 Å². The summed E-state index contributed by atoms with van der Waals surface area (Å²) in [5.41, 5.74) is 1.48. The highest BCUT2D eigenvalue weighted by Crippen LogP contribution is 2.27. The molecule has 0 saturated carbocycles. The molecule has 9 heteroatoms. The zero-order chi connectivity index (χ0) is 21.7. The minimum atomic E-state index is -3.53. The van der Waals surface area contributed by atoms with Gasteiger partial charge in [0.1, 0.15) is 4.90 Å². The summed E-state index contributed by atoms with van der Waals surface area (Å²) in [7, 11) is -3.53. The molecule has 1 aliphatic heterocycles. The second-order valence-electron chi connectivity index (χ2n) is 7.31. The normalized spacial score (nSPS) is 16.6. The van der Waals surface area contributed by atoms with Crippen molar-refractivity contribution in [2.75, 3.05) is 18.4 Å². The average Bonchev–Trinajstić information content (AvgIpc) is 3.02. The van der Waals surface area contributed by atoms with E-state index in [0.29, 0.717) is 28.8 Å². The Balaban J connectivity index is 1.64. The highest BCUT2D eigenvalue weighted by Gasteiger charge is 2.25. The molecule has 1 atom stereocenters. The monoisotopic (exact) mass is 467 g/mol. The number of hydrogen-bond acceptors (Lipinski definition) is 5. The van der Waals surface area contributed by atoms with Crippen LogP contribution < -0.4 is 5.32 Å². The molecular weight excluding hydrogens is 442 g/mol. The summed E-state index contributed by atoms with van der Waals surface area (Å²) in [6.07, 6.45) is 5.29. The molecule has 1 fully saturated rings. The number of thioether (sulfide) groups is 1. The zero-order valence-corrected chi connectivity index (χ0v) is 19.5. The molecule has 3 rings (SSSR count). The van der Waals surface area contributed by atoms with Crippen LogP contribution in [0.15, 0.2) is 46.5 Å². The number of rotatable bonds is 6. The van der Waals surface area contributed by atoms with Crippen molar-refractivity contribution in [3.05, 3.63) is 47.1 Å². The largest absolute Gasteiger partial charge is 0.325 e. The lowest BCUT2D eigenvalue weighted by atomic mass is 10.2. The molecule has 0 radical (unpaired) electrons. The SMILES string of the molecule is Cc1c(Cl)cccc1NC(=O)[C@H](C)Sc1ccc(S(=O)(=O)N2CCCCCC2)cn1. The second-order valence-corrected chi connectivity index (χ2v) is 11.0. The first kappa shape index (κ1) is 23.1. The molecule has 1 aliphatic rings. The van der Waals surface area contributed by atoms with Gasteiger partial charge in [-0.25, -0.2) is 13.4 Å². The van der Waals surface area contributed by atoms with Crippen molar-refractivity contribution in [3.8, 4) is 0 Å². The maximum absolute atomic E-state index is 12.8. The number of amides is 1. The van der Waals surface area contributed by atoms with Crippen LogP contribution in [-0.2, 0) is 14.8 Å². The molecule has 1 aromatic carbocycles. The molecule has 2 heterocycles. The van der Waals surface area contributed by atoms with E-state index in [1.807, 2.05) is 6.92 Å². The molecule has 0 aliphatic carbocycles. The number of pyridine rings is 1. The van der Waals surface area contributed by atoms with Gasteiger partial charge in [-0.15, -0.1) is 0 Å². The summed E-state index contributed by atoms with van der Waals surface area (Å²) >= 11 is 7.38. The zero-order valence-electron chi connectivity index (χ0n) is 17.1. The number of nitrogens with one attached hydrogen (secondary N) is 1. The lowest BCUT2D eigenvalue weighted by molar-refractivity contribution is -0.115. The Morgan fingerprint density at radius 2 is 1.87 bits per heavy atom. The number of aromatic nitrogens is 1. The Morgan fingerprint density at radius 3 is 2.50 bits per heavy atom. The molecule has 1 amide bonds. The van der Waals surface area contributed by atoms with E-state index in [-0.39, 0.29) is 10.8 Å². The van der Waals surface area contributed by atoms with Gasteiger partial charge in [0.25, 0.3) is 0 Å². The third-order valence-corrected chi connectivity index (χ3v) is 8.45. The van der Waals surface area contributed by atoms with Crippen molar-refractivity contribution in [2.24, 2.45) is 0 Å². The molecule has 0 bridgehead atoms. The first-order valence-corrected chi connectivity index (χ1v) is 12.7. The number of halogens is 1. The van der Waals surface area contributed by atoms with Crippen molar-refractivity contribution < 1.29 is 13.2 Å². The molecule has 0 spiro atoms. The fraction of sp³-hybridized carbons (Fsp3) is 0.429. The molecule has 162 valence electrons. The number of carbonyl (C=O) groups excluding carboxylic acids is 1. The number of anilines is 1. The standard InChI is InChI=1S/C21H26ClN3O3S2/c1-15-18(22)8-7-9-19(15)24-21(26)16(2)29-20-11-10-17(14-23-20)30(27,28)25-12-5-3-4-6-13-25/h7-11,14,16H,3-6,12-13H2,1-2H3,(H,24,26)/t16-/m0/s1. The molecule has 1 saturated heterocycles. The van der Waals surface area contributed by atoms with Gasteiger partial charge in [-0.3, -0.25) is 4.79 Å². The molecular formula is C21H26ClN3O3S2. The van der Waals surface area contributed by atoms with Crippen LogP contribution in [0, 0.1) is 6.92 Å². The fourth-order valence-corrected chi connectivity index (χ4v) is 5.66. The van der Waals surface area contributed by atoms with E-state index in [1.54, 1.807) is 41.6 Å². The van der Waals surface area contributed by atoms with Crippen molar-refractivity contribution in [3.63, 3.8) is 0 Å². The van der Waals surface area contributed by atoms with E-state index in [9.17, 15) is 13.2 Å². The predicted molar refractivity (Wildman–Crippen MR) is 122 cm³/mol. The van der Waals surface area contributed by atoms with Gasteiger partial charge < -0.3 is 5.32 Å². The Kier molecular flexibility index (Phi) is 7.79. The average molecular weight is 468 g/mol. The van der Waals surface area contributed by atoms with Gasteiger partial charge in [0.15, 0.2) is 0 Å². The number of sulfonamides is 1. The molecule has 1 N–H and O–H groups in total. The number of nitrogens with zero attached hydrogens (tertiary/aromatic N) is 2. The van der Waals surface area contributed by atoms with Crippen molar-refractivity contribution >= 4 is 45.0 Å². The van der Waals surface area contributed by atoms with Crippen LogP contribution in [0.3, 0.4) is 0 Å². The minimum Gasteiger partial charge on any atom is -0.325 e. The molecule has 30 heavy (non-hydrogen) atoms. The Morgan fingerprint density at radius 1 is 1.17 bits per heavy atom. The van der Waals surface area contributed by atoms with E-state index in [1.165, 1.54) is 18.0 Å². The van der Waals surface area contributed by atoms with Gasteiger partial charge in [0.05, 0.1) is 10.3 Å². The van der Waals surface area contributed by atoms with Crippen LogP contribution in [-0.4, -0.2) is 42.0 Å². The van der Waals surface area contributed by atoms with Crippen molar-refractivity contribution in [1.29, 1.82) is 0 Å². The third-order valence-electron chi connectivity index (χ3n) is 5.10. The molecule has 0 unspecified atom stereocenters. The van der Waals surface area contributed by atoms with Gasteiger partial charge in [-0.2, -0.15) is 4.31 Å². The number of carbonyl (C=O) groups is 1. The summed E-state index contributed by atoms with van der Waals surface area (Å²) in [5, 5.41) is 3.65. The highest BCUT2D eigenvalue weighted by atomic mass is 35.5. The van der Waals surface area contributed by atoms with E-state index in [2.05, 4.69) is 10.3 Å². The maximum atomic E-state index is 12.8. The van der Waals surface area contributed by atoms with Crippen LogP contribution in [0.25, 0.3) is 0 Å². The van der Waals surface area contributed by atoms with Gasteiger partial charge in [0.2, 0.25) is 15.9 Å². The predicted octanol–water partition coefficient (Wildman–Crippen LogP) is 4.73. The lowest BCUT2D eigenvalue weighted by Crippen LogP contribution is -2.32. The van der Waals surface area contributed by atoms with Crippen LogP contribution in [0.1, 0.15) is 38.2 Å². The third kappa shape index (κ3) is 5.55. The maximum Gasteiger partial charge on any atom is 0.244 e. The summed E-state index contributed by atoms with van der Waals surface area (Å²) in [6, 6.07) is 8.59. The summed E-state index contributed by atoms with van der Waals surface area (Å²) in [5.74, 6) is -0.173. The van der Waals surface area contributed by atoms with Gasteiger partial charge in [-0.1, -0.05) is 42.3 Å². The smallest absolute Gasteiger partial charge is 0.244 e. The fourth-order valence-electron chi connectivity index (χ4n) is 3.23. The van der Waals surface area contributed by atoms with Crippen LogP contribution in [0.2, 0.25) is 5.02 Å². The van der Waals surface area contributed by atoms with Crippen LogP contribution >= 0.6 is 23.4 Å². The topological polar surface area (TPSA) is 79.4 Å². The van der Waals surface area contributed by atoms with E-state index in [4.69, 9.17) is 11.6 Å². The number of benzene rings is 1. The second kappa shape index (κ2) is 10.1. The summed E-state index contributed by atoms with van der Waals surface area (Å²) in [4.78, 5) is 17.0. The summed E-state index contributed by atoms with van der Waals surface area (Å²) in [6.45, 7) is 4.74. The van der Waals surface area contributed by atoms with Crippen molar-refractivity contribution in [2.45, 2.75) is 54.7 Å². The van der Waals surface area contributed by atoms with Gasteiger partial charge in [0, 0.05) is 30.0 Å². The van der Waals surface area contributed by atoms with E-state index < -0.39 is 15.3 Å². The van der Waals surface area contributed by atoms with Crippen molar-refractivity contribution in [1.82, 2.24) is 9.29 Å². The molecule has 1 aromatic heterocycles. The van der Waals surface area contributed by atoms with E-state index in [0.717, 1.165) is 31.2 Å². The van der Waals surface area contributed by atoms with Gasteiger partial charge in [-0.05, 0) is 56.5 Å². The van der Waals surface area contributed by atoms with Gasteiger partial charge >= 0.3 is 0 Å². The Hall–Kier alpha value is -1.61. The molecule has 6 nitrogen and oxygen atoms in total.